The first kappa shape index (κ1) is 9.08. The summed E-state index contributed by atoms with van der Waals surface area (Å²) in [6.07, 6.45) is 0.569. The maximum Gasteiger partial charge on any atom is 0.109 e. The molecule has 1 aromatic rings. The van der Waals surface area contributed by atoms with E-state index in [-0.39, 0.29) is 13.1 Å². The van der Waals surface area contributed by atoms with E-state index in [1.165, 1.54) is 10.9 Å². The Hall–Kier alpha value is -1.01. The van der Waals surface area contributed by atoms with Gasteiger partial charge in [0.2, 0.25) is 0 Å². The highest BCUT2D eigenvalue weighted by molar-refractivity contribution is 4.99. The highest BCUT2D eigenvalue weighted by Crippen LogP contribution is 2.08. The predicted octanol–water partition coefficient (Wildman–Crippen LogP) is -0.760. The normalized spacial score (nSPS) is 13.2. The van der Waals surface area contributed by atoms with E-state index in [0.717, 1.165) is 0 Å². The zero-order valence-corrected chi connectivity index (χ0v) is 6.52. The van der Waals surface area contributed by atoms with Crippen LogP contribution in [-0.4, -0.2) is 33.3 Å². The lowest BCUT2D eigenvalue weighted by Crippen LogP contribution is -2.17. The van der Waals surface area contributed by atoms with Gasteiger partial charge in [0.25, 0.3) is 0 Å². The van der Waals surface area contributed by atoms with Crippen LogP contribution in [0.15, 0.2) is 6.20 Å². The van der Waals surface area contributed by atoms with E-state index < -0.39 is 12.8 Å². The molecule has 0 radical (unpaired) electrons. The summed E-state index contributed by atoms with van der Waals surface area (Å²) in [6.45, 7) is -0.348. The molecule has 0 bridgehead atoms. The van der Waals surface area contributed by atoms with Crippen LogP contribution in [0.1, 0.15) is 11.8 Å². The number of nitrogens with two attached hydrogens (primary N) is 1. The number of alkyl halides is 1. The van der Waals surface area contributed by atoms with Crippen molar-refractivity contribution in [1.82, 2.24) is 15.0 Å². The molecule has 1 atom stereocenters. The fourth-order valence-corrected chi connectivity index (χ4v) is 0.898. The maximum absolute atomic E-state index is 11.9. The van der Waals surface area contributed by atoms with E-state index in [1.54, 1.807) is 0 Å². The largest absolute Gasteiger partial charge is 0.385 e. The molecular formula is C6H11FN4O. The molecule has 6 heteroatoms. The van der Waals surface area contributed by atoms with Crippen LogP contribution in [0.4, 0.5) is 4.39 Å². The molecule has 0 aromatic carbocycles. The average Bonchev–Trinajstić information content (AvgIpc) is 2.52. The molecule has 1 aromatic heterocycles. The van der Waals surface area contributed by atoms with E-state index in [9.17, 15) is 9.50 Å². The summed E-state index contributed by atoms with van der Waals surface area (Å²) in [5, 5.41) is 16.4. The van der Waals surface area contributed by atoms with Crippen molar-refractivity contribution in [2.24, 2.45) is 5.73 Å². The molecule has 0 fully saturated rings. The fourth-order valence-electron chi connectivity index (χ4n) is 0.898. The number of aromatic nitrogens is 3. The standard InChI is InChI=1S/C6H11FN4O/c7-1-2-11-5(4-9-10-11)6(12)3-8/h4,6,12H,1-3,8H2. The third kappa shape index (κ3) is 1.77. The van der Waals surface area contributed by atoms with Crippen molar-refractivity contribution in [3.63, 3.8) is 0 Å². The topological polar surface area (TPSA) is 77.0 Å². The first-order valence-corrected chi connectivity index (χ1v) is 3.62. The van der Waals surface area contributed by atoms with Crippen molar-refractivity contribution < 1.29 is 9.50 Å². The lowest BCUT2D eigenvalue weighted by atomic mass is 10.3. The molecule has 0 aliphatic carbocycles. The second-order valence-corrected chi connectivity index (χ2v) is 2.32. The SMILES string of the molecule is NCC(O)c1cnnn1CCF. The number of aryl methyl sites for hydroxylation is 1. The van der Waals surface area contributed by atoms with Crippen LogP contribution < -0.4 is 5.73 Å². The van der Waals surface area contributed by atoms with Gasteiger partial charge in [-0.25, -0.2) is 9.07 Å². The van der Waals surface area contributed by atoms with Crippen LogP contribution in [0, 0.1) is 0 Å². The van der Waals surface area contributed by atoms with Gasteiger partial charge in [0.15, 0.2) is 0 Å². The van der Waals surface area contributed by atoms with Gasteiger partial charge in [0.1, 0.15) is 12.8 Å². The van der Waals surface area contributed by atoms with Crippen LogP contribution >= 0.6 is 0 Å². The predicted molar refractivity (Wildman–Crippen MR) is 40.0 cm³/mol. The zero-order chi connectivity index (χ0) is 8.97. The Morgan fingerprint density at radius 2 is 2.50 bits per heavy atom. The van der Waals surface area contributed by atoms with Gasteiger partial charge in [-0.15, -0.1) is 5.10 Å². The lowest BCUT2D eigenvalue weighted by molar-refractivity contribution is 0.174. The number of hydrogen-bond donors (Lipinski definition) is 2. The summed E-state index contributed by atoms with van der Waals surface area (Å²) in [6, 6.07) is 0. The van der Waals surface area contributed by atoms with Gasteiger partial charge in [-0.2, -0.15) is 0 Å². The zero-order valence-electron chi connectivity index (χ0n) is 6.52. The summed E-state index contributed by atoms with van der Waals surface area (Å²) < 4.78 is 13.2. The first-order chi connectivity index (χ1) is 5.79. The minimum Gasteiger partial charge on any atom is -0.385 e. The van der Waals surface area contributed by atoms with E-state index in [1.807, 2.05) is 0 Å². The van der Waals surface area contributed by atoms with Crippen molar-refractivity contribution >= 4 is 0 Å². The molecule has 1 rings (SSSR count). The third-order valence-corrected chi connectivity index (χ3v) is 1.51. The van der Waals surface area contributed by atoms with Crippen LogP contribution in [0.2, 0.25) is 0 Å². The van der Waals surface area contributed by atoms with Gasteiger partial charge >= 0.3 is 0 Å². The smallest absolute Gasteiger partial charge is 0.109 e. The molecule has 0 saturated heterocycles. The Morgan fingerprint density at radius 3 is 3.08 bits per heavy atom. The molecule has 5 nitrogen and oxygen atoms in total. The van der Waals surface area contributed by atoms with Crippen LogP contribution in [0.5, 0.6) is 0 Å². The Labute approximate surface area is 69.0 Å². The first-order valence-electron chi connectivity index (χ1n) is 3.62. The molecule has 3 N–H and O–H groups in total. The monoisotopic (exact) mass is 174 g/mol. The number of nitrogens with zero attached hydrogens (tertiary/aromatic N) is 3. The molecule has 68 valence electrons. The summed E-state index contributed by atoms with van der Waals surface area (Å²) in [4.78, 5) is 0. The second kappa shape index (κ2) is 4.13. The van der Waals surface area contributed by atoms with Crippen molar-refractivity contribution in [1.29, 1.82) is 0 Å². The number of rotatable bonds is 4. The van der Waals surface area contributed by atoms with Crippen molar-refractivity contribution in [2.45, 2.75) is 12.6 Å². The molecule has 0 amide bonds. The summed E-state index contributed by atoms with van der Waals surface area (Å²) in [5.74, 6) is 0. The number of aliphatic hydroxyl groups excluding tert-OH is 1. The van der Waals surface area contributed by atoms with E-state index >= 15 is 0 Å². The van der Waals surface area contributed by atoms with Gasteiger partial charge in [-0.3, -0.25) is 0 Å². The number of halogens is 1. The molecule has 1 unspecified atom stereocenters. The van der Waals surface area contributed by atoms with Crippen molar-refractivity contribution in [2.75, 3.05) is 13.2 Å². The minimum absolute atomic E-state index is 0.0830. The highest BCUT2D eigenvalue weighted by atomic mass is 19.1. The van der Waals surface area contributed by atoms with Crippen molar-refractivity contribution in [3.8, 4) is 0 Å². The second-order valence-electron chi connectivity index (χ2n) is 2.32. The average molecular weight is 174 g/mol. The Morgan fingerprint density at radius 1 is 1.75 bits per heavy atom. The lowest BCUT2D eigenvalue weighted by Gasteiger charge is -2.07. The number of hydrogen-bond acceptors (Lipinski definition) is 4. The summed E-state index contributed by atoms with van der Waals surface area (Å²) in [7, 11) is 0. The fraction of sp³-hybridized carbons (Fsp3) is 0.667. The van der Waals surface area contributed by atoms with Crippen LogP contribution in [-0.2, 0) is 6.54 Å². The number of aliphatic hydroxyl groups is 1. The molecular weight excluding hydrogens is 163 g/mol. The minimum atomic E-state index is -0.813. The highest BCUT2D eigenvalue weighted by Gasteiger charge is 2.11. The van der Waals surface area contributed by atoms with Gasteiger partial charge in [0.05, 0.1) is 18.4 Å². The van der Waals surface area contributed by atoms with Crippen molar-refractivity contribution in [3.05, 3.63) is 11.9 Å². The molecule has 0 aliphatic rings. The quantitative estimate of drug-likeness (QED) is 0.629. The molecule has 0 spiro atoms. The molecule has 12 heavy (non-hydrogen) atoms. The van der Waals surface area contributed by atoms with E-state index in [0.29, 0.717) is 5.69 Å². The van der Waals surface area contributed by atoms with Gasteiger partial charge in [-0.05, 0) is 0 Å². The summed E-state index contributed by atoms with van der Waals surface area (Å²) in [5.41, 5.74) is 5.67. The van der Waals surface area contributed by atoms with Gasteiger partial charge in [-0.1, -0.05) is 5.21 Å². The van der Waals surface area contributed by atoms with E-state index in [4.69, 9.17) is 5.73 Å². The summed E-state index contributed by atoms with van der Waals surface area (Å²) >= 11 is 0. The molecule has 0 aliphatic heterocycles. The van der Waals surface area contributed by atoms with Crippen LogP contribution in [0.25, 0.3) is 0 Å². The van der Waals surface area contributed by atoms with Gasteiger partial charge in [0, 0.05) is 6.54 Å². The molecule has 1 heterocycles. The van der Waals surface area contributed by atoms with E-state index in [2.05, 4.69) is 10.3 Å². The Balaban J connectivity index is 2.76. The Bertz CT molecular complexity index is 239. The molecule has 0 saturated carbocycles. The maximum atomic E-state index is 11.9. The van der Waals surface area contributed by atoms with Gasteiger partial charge < -0.3 is 10.8 Å². The van der Waals surface area contributed by atoms with Crippen LogP contribution in [0.3, 0.4) is 0 Å². The third-order valence-electron chi connectivity index (χ3n) is 1.51. The Kier molecular flexibility index (Phi) is 3.12.